The van der Waals surface area contributed by atoms with E-state index in [4.69, 9.17) is 16.2 Å². The molecule has 0 saturated heterocycles. The molecule has 0 aromatic rings. The SMILES string of the molecule is CCCCOC(N)(N)CC. The Morgan fingerprint density at radius 1 is 1.30 bits per heavy atom. The molecule has 3 heteroatoms. The predicted octanol–water partition coefficient (Wildman–Crippen LogP) is 0.784. The first-order valence-corrected chi connectivity index (χ1v) is 3.84. The van der Waals surface area contributed by atoms with Gasteiger partial charge in [-0.2, -0.15) is 0 Å². The van der Waals surface area contributed by atoms with Crippen molar-refractivity contribution in [2.24, 2.45) is 11.5 Å². The molecule has 0 aromatic carbocycles. The van der Waals surface area contributed by atoms with Crippen LogP contribution in [0.2, 0.25) is 0 Å². The zero-order chi connectivity index (χ0) is 8.04. The van der Waals surface area contributed by atoms with Crippen LogP contribution in [0.15, 0.2) is 0 Å². The van der Waals surface area contributed by atoms with Crippen molar-refractivity contribution in [3.05, 3.63) is 0 Å². The van der Waals surface area contributed by atoms with Crippen molar-refractivity contribution in [3.63, 3.8) is 0 Å². The Balaban J connectivity index is 3.28. The molecule has 0 aliphatic heterocycles. The van der Waals surface area contributed by atoms with Crippen molar-refractivity contribution in [1.29, 1.82) is 0 Å². The molecule has 4 N–H and O–H groups in total. The fraction of sp³-hybridized carbons (Fsp3) is 1.00. The van der Waals surface area contributed by atoms with E-state index >= 15 is 0 Å². The van der Waals surface area contributed by atoms with Crippen molar-refractivity contribution in [2.75, 3.05) is 6.61 Å². The molecule has 0 heterocycles. The van der Waals surface area contributed by atoms with Crippen molar-refractivity contribution in [3.8, 4) is 0 Å². The van der Waals surface area contributed by atoms with Crippen molar-refractivity contribution in [2.45, 2.75) is 39.0 Å². The molecule has 0 bridgehead atoms. The molecule has 0 radical (unpaired) electrons. The van der Waals surface area contributed by atoms with Gasteiger partial charge in [0.05, 0.1) is 6.61 Å². The van der Waals surface area contributed by atoms with E-state index in [1.165, 1.54) is 0 Å². The average Bonchev–Trinajstić information content (AvgIpc) is 1.89. The quantitative estimate of drug-likeness (QED) is 0.445. The molecule has 0 spiro atoms. The van der Waals surface area contributed by atoms with Gasteiger partial charge in [0.1, 0.15) is 0 Å². The van der Waals surface area contributed by atoms with Crippen LogP contribution < -0.4 is 11.5 Å². The fourth-order valence-electron chi connectivity index (χ4n) is 0.509. The summed E-state index contributed by atoms with van der Waals surface area (Å²) in [7, 11) is 0. The van der Waals surface area contributed by atoms with Crippen LogP contribution >= 0.6 is 0 Å². The standard InChI is InChI=1S/C7H18N2O/c1-3-5-6-10-7(8,9)4-2/h3-6,8-9H2,1-2H3. The summed E-state index contributed by atoms with van der Waals surface area (Å²) in [6.45, 7) is 4.67. The Labute approximate surface area is 62.7 Å². The molecule has 0 fully saturated rings. The number of nitrogens with two attached hydrogens (primary N) is 2. The zero-order valence-corrected chi connectivity index (χ0v) is 6.89. The average molecular weight is 146 g/mol. The van der Waals surface area contributed by atoms with Gasteiger partial charge in [0, 0.05) is 6.42 Å². The van der Waals surface area contributed by atoms with Crippen LogP contribution in [0.5, 0.6) is 0 Å². The van der Waals surface area contributed by atoms with Gasteiger partial charge < -0.3 is 4.74 Å². The monoisotopic (exact) mass is 146 g/mol. The third-order valence-corrected chi connectivity index (χ3v) is 1.42. The Bertz CT molecular complexity index is 83.7. The van der Waals surface area contributed by atoms with Crippen LogP contribution in [0, 0.1) is 0 Å². The molecule has 0 aliphatic carbocycles. The summed E-state index contributed by atoms with van der Waals surface area (Å²) in [5.74, 6) is -0.908. The van der Waals surface area contributed by atoms with E-state index in [1.807, 2.05) is 6.92 Å². The minimum absolute atomic E-state index is 0.650. The van der Waals surface area contributed by atoms with Gasteiger partial charge in [-0.3, -0.25) is 11.5 Å². The Morgan fingerprint density at radius 2 is 1.90 bits per heavy atom. The van der Waals surface area contributed by atoms with E-state index in [9.17, 15) is 0 Å². The smallest absolute Gasteiger partial charge is 0.169 e. The van der Waals surface area contributed by atoms with E-state index in [-0.39, 0.29) is 0 Å². The van der Waals surface area contributed by atoms with Crippen LogP contribution in [0.4, 0.5) is 0 Å². The number of ether oxygens (including phenoxy) is 1. The summed E-state index contributed by atoms with van der Waals surface area (Å²) in [5, 5.41) is 0. The van der Waals surface area contributed by atoms with E-state index in [2.05, 4.69) is 6.92 Å². The number of rotatable bonds is 5. The topological polar surface area (TPSA) is 61.3 Å². The molecule has 3 nitrogen and oxygen atoms in total. The Morgan fingerprint density at radius 3 is 2.30 bits per heavy atom. The van der Waals surface area contributed by atoms with E-state index in [1.54, 1.807) is 0 Å². The maximum absolute atomic E-state index is 5.51. The lowest BCUT2D eigenvalue weighted by atomic mass is 10.3. The van der Waals surface area contributed by atoms with Crippen LogP contribution in [0.1, 0.15) is 33.1 Å². The molecule has 0 amide bonds. The fourth-order valence-corrected chi connectivity index (χ4v) is 0.509. The van der Waals surface area contributed by atoms with Gasteiger partial charge in [-0.05, 0) is 6.42 Å². The lowest BCUT2D eigenvalue weighted by Gasteiger charge is -2.22. The number of hydrogen-bond acceptors (Lipinski definition) is 3. The first-order valence-electron chi connectivity index (χ1n) is 3.84. The van der Waals surface area contributed by atoms with Gasteiger partial charge in [0.15, 0.2) is 5.85 Å². The highest BCUT2D eigenvalue weighted by molar-refractivity contribution is 4.59. The van der Waals surface area contributed by atoms with Crippen molar-refractivity contribution >= 4 is 0 Å². The van der Waals surface area contributed by atoms with Crippen LogP contribution in [-0.4, -0.2) is 12.5 Å². The molecule has 0 aromatic heterocycles. The second kappa shape index (κ2) is 4.66. The van der Waals surface area contributed by atoms with E-state index < -0.39 is 5.85 Å². The molecule has 0 unspecified atom stereocenters. The second-order valence-electron chi connectivity index (χ2n) is 2.51. The summed E-state index contributed by atoms with van der Waals surface area (Å²) in [5.41, 5.74) is 11.0. The number of unbranched alkanes of at least 4 members (excludes halogenated alkanes) is 1. The third-order valence-electron chi connectivity index (χ3n) is 1.42. The predicted molar refractivity (Wildman–Crippen MR) is 42.3 cm³/mol. The molecule has 0 atom stereocenters. The van der Waals surface area contributed by atoms with Gasteiger partial charge in [0.2, 0.25) is 0 Å². The second-order valence-corrected chi connectivity index (χ2v) is 2.51. The Kier molecular flexibility index (Phi) is 4.60. The lowest BCUT2D eigenvalue weighted by Crippen LogP contribution is -2.51. The summed E-state index contributed by atoms with van der Waals surface area (Å²) in [4.78, 5) is 0. The highest BCUT2D eigenvalue weighted by atomic mass is 16.5. The third kappa shape index (κ3) is 4.73. The van der Waals surface area contributed by atoms with Crippen molar-refractivity contribution < 1.29 is 4.74 Å². The molecule has 10 heavy (non-hydrogen) atoms. The first-order chi connectivity index (χ1) is 4.62. The molecule has 0 rings (SSSR count). The zero-order valence-electron chi connectivity index (χ0n) is 6.89. The van der Waals surface area contributed by atoms with Crippen LogP contribution in [0.3, 0.4) is 0 Å². The largest absolute Gasteiger partial charge is 0.348 e. The van der Waals surface area contributed by atoms with E-state index in [0.29, 0.717) is 13.0 Å². The molecular weight excluding hydrogens is 128 g/mol. The van der Waals surface area contributed by atoms with Gasteiger partial charge in [-0.25, -0.2) is 0 Å². The molecule has 0 aliphatic rings. The summed E-state index contributed by atoms with van der Waals surface area (Å²) >= 11 is 0. The summed E-state index contributed by atoms with van der Waals surface area (Å²) in [6.07, 6.45) is 2.78. The first kappa shape index (κ1) is 9.88. The molecule has 62 valence electrons. The lowest BCUT2D eigenvalue weighted by molar-refractivity contribution is -0.0405. The van der Waals surface area contributed by atoms with Gasteiger partial charge >= 0.3 is 0 Å². The Hall–Kier alpha value is -0.120. The van der Waals surface area contributed by atoms with Gasteiger partial charge in [-0.15, -0.1) is 0 Å². The normalized spacial score (nSPS) is 12.0. The highest BCUT2D eigenvalue weighted by Crippen LogP contribution is 2.00. The molecule has 0 saturated carbocycles. The van der Waals surface area contributed by atoms with Crippen LogP contribution in [-0.2, 0) is 4.74 Å². The maximum atomic E-state index is 5.51. The van der Waals surface area contributed by atoms with Crippen molar-refractivity contribution in [1.82, 2.24) is 0 Å². The minimum atomic E-state index is -0.908. The number of hydrogen-bond donors (Lipinski definition) is 2. The molecular formula is C7H18N2O. The summed E-state index contributed by atoms with van der Waals surface area (Å²) < 4.78 is 5.17. The maximum Gasteiger partial charge on any atom is 0.169 e. The summed E-state index contributed by atoms with van der Waals surface area (Å²) in [6, 6.07) is 0. The minimum Gasteiger partial charge on any atom is -0.348 e. The highest BCUT2D eigenvalue weighted by Gasteiger charge is 2.14. The van der Waals surface area contributed by atoms with Gasteiger partial charge in [-0.1, -0.05) is 20.3 Å². The van der Waals surface area contributed by atoms with E-state index in [0.717, 1.165) is 12.8 Å². The van der Waals surface area contributed by atoms with Gasteiger partial charge in [0.25, 0.3) is 0 Å². The van der Waals surface area contributed by atoms with Crippen LogP contribution in [0.25, 0.3) is 0 Å².